The van der Waals surface area contributed by atoms with Crippen LogP contribution in [0, 0.1) is 0 Å². The molecule has 1 unspecified atom stereocenters. The van der Waals surface area contributed by atoms with Crippen LogP contribution in [0.15, 0.2) is 18.3 Å². The van der Waals surface area contributed by atoms with Crippen molar-refractivity contribution in [2.24, 2.45) is 5.84 Å². The van der Waals surface area contributed by atoms with E-state index in [2.05, 4.69) is 15.1 Å². The number of hydrogen-bond donors (Lipinski definition) is 2. The summed E-state index contributed by atoms with van der Waals surface area (Å²) in [5.41, 5.74) is 2.21. The summed E-state index contributed by atoms with van der Waals surface area (Å²) in [7, 11) is 0. The summed E-state index contributed by atoms with van der Waals surface area (Å²) in [5.74, 6) is 5.34. The Labute approximate surface area is 84.2 Å². The van der Waals surface area contributed by atoms with Gasteiger partial charge in [-0.25, -0.2) is 10.8 Å². The van der Waals surface area contributed by atoms with Crippen molar-refractivity contribution in [2.75, 3.05) is 5.43 Å². The molecule has 7 heteroatoms. The molecule has 0 aromatic carbocycles. The number of rotatable bonds is 3. The molecule has 0 fully saturated rings. The second-order valence-electron chi connectivity index (χ2n) is 2.82. The van der Waals surface area contributed by atoms with E-state index >= 15 is 0 Å². The van der Waals surface area contributed by atoms with Gasteiger partial charge < -0.3 is 10.2 Å². The molecule has 4 nitrogen and oxygen atoms in total. The number of nitrogens with one attached hydrogen (secondary N) is 1. The van der Waals surface area contributed by atoms with Crippen LogP contribution >= 0.6 is 0 Å². The second kappa shape index (κ2) is 4.35. The molecule has 0 radical (unpaired) electrons. The fourth-order valence-corrected chi connectivity index (χ4v) is 0.834. The third-order valence-electron chi connectivity index (χ3n) is 1.65. The fraction of sp³-hybridized carbons (Fsp3) is 0.375. The number of ether oxygens (including phenoxy) is 1. The van der Waals surface area contributed by atoms with Gasteiger partial charge in [0.05, 0.1) is 0 Å². The molecule has 0 aliphatic rings. The first-order valence-electron chi connectivity index (χ1n) is 4.09. The van der Waals surface area contributed by atoms with Crippen LogP contribution in [0.4, 0.5) is 19.0 Å². The van der Waals surface area contributed by atoms with Gasteiger partial charge in [-0.3, -0.25) is 0 Å². The highest BCUT2D eigenvalue weighted by Gasteiger charge is 2.38. The van der Waals surface area contributed by atoms with Crippen molar-refractivity contribution in [3.05, 3.63) is 18.3 Å². The van der Waals surface area contributed by atoms with Crippen LogP contribution in [0.3, 0.4) is 0 Å². The monoisotopic (exact) mass is 221 g/mol. The molecule has 1 heterocycles. The van der Waals surface area contributed by atoms with Gasteiger partial charge >= 0.3 is 6.18 Å². The molecule has 0 aliphatic heterocycles. The quantitative estimate of drug-likeness (QED) is 0.602. The van der Waals surface area contributed by atoms with Crippen LogP contribution in [-0.4, -0.2) is 17.3 Å². The van der Waals surface area contributed by atoms with Crippen molar-refractivity contribution in [1.82, 2.24) is 4.98 Å². The minimum atomic E-state index is -4.39. The van der Waals surface area contributed by atoms with E-state index in [-0.39, 0.29) is 11.6 Å². The molecule has 0 saturated heterocycles. The summed E-state index contributed by atoms with van der Waals surface area (Å²) in [6.45, 7) is 0.927. The van der Waals surface area contributed by atoms with Crippen molar-refractivity contribution >= 4 is 5.82 Å². The molecular formula is C8H10F3N3O. The zero-order valence-electron chi connectivity index (χ0n) is 7.88. The molecule has 0 bridgehead atoms. The first-order valence-corrected chi connectivity index (χ1v) is 4.09. The van der Waals surface area contributed by atoms with Gasteiger partial charge in [0.25, 0.3) is 0 Å². The number of alkyl halides is 3. The molecule has 1 rings (SSSR count). The topological polar surface area (TPSA) is 60.2 Å². The molecule has 0 amide bonds. The highest BCUT2D eigenvalue weighted by molar-refractivity contribution is 5.39. The summed E-state index contributed by atoms with van der Waals surface area (Å²) < 4.78 is 41.1. The number of nitrogens with zero attached hydrogens (tertiary/aromatic N) is 1. The summed E-state index contributed by atoms with van der Waals surface area (Å²) in [6, 6.07) is 2.60. The number of hydrogen-bond acceptors (Lipinski definition) is 4. The molecule has 0 spiro atoms. The van der Waals surface area contributed by atoms with Crippen molar-refractivity contribution in [3.63, 3.8) is 0 Å². The lowest BCUT2D eigenvalue weighted by atomic mass is 10.3. The van der Waals surface area contributed by atoms with Crippen LogP contribution in [-0.2, 0) is 0 Å². The van der Waals surface area contributed by atoms with Crippen molar-refractivity contribution < 1.29 is 17.9 Å². The van der Waals surface area contributed by atoms with Gasteiger partial charge in [0.1, 0.15) is 11.6 Å². The zero-order valence-corrected chi connectivity index (χ0v) is 7.88. The Balaban J connectivity index is 2.72. The maximum absolute atomic E-state index is 12.1. The van der Waals surface area contributed by atoms with E-state index in [4.69, 9.17) is 5.84 Å². The van der Waals surface area contributed by atoms with E-state index in [1.54, 1.807) is 0 Å². The average molecular weight is 221 g/mol. The molecule has 0 saturated carbocycles. The molecule has 3 N–H and O–H groups in total. The summed E-state index contributed by atoms with van der Waals surface area (Å²) in [6.07, 6.45) is -4.96. The summed E-state index contributed by atoms with van der Waals surface area (Å²) in [4.78, 5) is 3.73. The Morgan fingerprint density at radius 2 is 2.20 bits per heavy atom. The van der Waals surface area contributed by atoms with Gasteiger partial charge in [0.2, 0.25) is 0 Å². The van der Waals surface area contributed by atoms with Crippen molar-refractivity contribution in [2.45, 2.75) is 19.2 Å². The summed E-state index contributed by atoms with van der Waals surface area (Å²) >= 11 is 0. The zero-order chi connectivity index (χ0) is 11.5. The lowest BCUT2D eigenvalue weighted by Crippen LogP contribution is -2.31. The van der Waals surface area contributed by atoms with E-state index in [0.717, 1.165) is 6.92 Å². The van der Waals surface area contributed by atoms with Gasteiger partial charge in [0.15, 0.2) is 6.10 Å². The SMILES string of the molecule is CC(Oc1ccnc(NN)c1)C(F)(F)F. The van der Waals surface area contributed by atoms with Gasteiger partial charge in [-0.1, -0.05) is 0 Å². The Morgan fingerprint density at radius 3 is 2.73 bits per heavy atom. The largest absolute Gasteiger partial charge is 0.481 e. The predicted molar refractivity (Wildman–Crippen MR) is 48.2 cm³/mol. The van der Waals surface area contributed by atoms with Crippen LogP contribution in [0.1, 0.15) is 6.92 Å². The standard InChI is InChI=1S/C8H10F3N3O/c1-5(8(9,10)11)15-6-2-3-13-7(4-6)14-12/h2-5H,12H2,1H3,(H,13,14). The molecule has 1 atom stereocenters. The van der Waals surface area contributed by atoms with E-state index in [9.17, 15) is 13.2 Å². The third kappa shape index (κ3) is 3.28. The predicted octanol–water partition coefficient (Wildman–Crippen LogP) is 1.70. The summed E-state index contributed by atoms with van der Waals surface area (Å²) in [5, 5.41) is 0. The lowest BCUT2D eigenvalue weighted by molar-refractivity contribution is -0.189. The van der Waals surface area contributed by atoms with Gasteiger partial charge in [-0.2, -0.15) is 13.2 Å². The van der Waals surface area contributed by atoms with Gasteiger partial charge in [-0.05, 0) is 13.0 Å². The van der Waals surface area contributed by atoms with Crippen LogP contribution < -0.4 is 16.0 Å². The molecular weight excluding hydrogens is 211 g/mol. The maximum Gasteiger partial charge on any atom is 0.425 e. The fourth-order valence-electron chi connectivity index (χ4n) is 0.834. The number of nitrogen functional groups attached to an aromatic ring is 1. The Hall–Kier alpha value is -1.50. The number of aromatic nitrogens is 1. The number of nitrogens with two attached hydrogens (primary N) is 1. The van der Waals surface area contributed by atoms with E-state index in [1.165, 1.54) is 18.3 Å². The van der Waals surface area contributed by atoms with E-state index < -0.39 is 12.3 Å². The van der Waals surface area contributed by atoms with Crippen LogP contribution in [0.5, 0.6) is 5.75 Å². The highest BCUT2D eigenvalue weighted by atomic mass is 19.4. The Kier molecular flexibility index (Phi) is 3.35. The smallest absolute Gasteiger partial charge is 0.425 e. The Bertz CT molecular complexity index is 329. The Morgan fingerprint density at radius 1 is 1.53 bits per heavy atom. The minimum Gasteiger partial charge on any atom is -0.481 e. The number of anilines is 1. The van der Waals surface area contributed by atoms with Gasteiger partial charge in [-0.15, -0.1) is 0 Å². The van der Waals surface area contributed by atoms with Crippen LogP contribution in [0.2, 0.25) is 0 Å². The molecule has 84 valence electrons. The van der Waals surface area contributed by atoms with E-state index in [1.807, 2.05) is 0 Å². The van der Waals surface area contributed by atoms with Gasteiger partial charge in [0, 0.05) is 12.3 Å². The minimum absolute atomic E-state index is 0.0581. The van der Waals surface area contributed by atoms with E-state index in [0.29, 0.717) is 0 Å². The molecule has 15 heavy (non-hydrogen) atoms. The van der Waals surface area contributed by atoms with Crippen LogP contribution in [0.25, 0.3) is 0 Å². The first-order chi connectivity index (χ1) is 6.93. The lowest BCUT2D eigenvalue weighted by Gasteiger charge is -2.17. The normalized spacial score (nSPS) is 13.4. The first kappa shape index (κ1) is 11.6. The molecule has 1 aromatic heterocycles. The number of pyridine rings is 1. The van der Waals surface area contributed by atoms with Crippen molar-refractivity contribution in [3.8, 4) is 5.75 Å². The second-order valence-corrected chi connectivity index (χ2v) is 2.82. The molecule has 1 aromatic rings. The third-order valence-corrected chi connectivity index (χ3v) is 1.65. The average Bonchev–Trinajstić information content (AvgIpc) is 2.16. The number of hydrazine groups is 1. The van der Waals surface area contributed by atoms with Crippen molar-refractivity contribution in [1.29, 1.82) is 0 Å². The highest BCUT2D eigenvalue weighted by Crippen LogP contribution is 2.25. The molecule has 0 aliphatic carbocycles. The number of halogens is 3. The maximum atomic E-state index is 12.1.